The van der Waals surface area contributed by atoms with Crippen molar-refractivity contribution < 1.29 is 19.1 Å². The Hall–Kier alpha value is -4.45. The Bertz CT molecular complexity index is 1270. The van der Waals surface area contributed by atoms with Crippen molar-refractivity contribution in [3.63, 3.8) is 0 Å². The molecule has 0 aliphatic rings. The summed E-state index contributed by atoms with van der Waals surface area (Å²) in [4.78, 5) is 36.9. The van der Waals surface area contributed by atoms with Gasteiger partial charge in [0.25, 0.3) is 0 Å². The number of hydrogen-bond acceptors (Lipinski definition) is 4. The number of methoxy groups -OCH3 is 1. The lowest BCUT2D eigenvalue weighted by Crippen LogP contribution is -2.42. The predicted octanol–water partition coefficient (Wildman–Crippen LogP) is 11.9. The molecule has 0 aromatic rings. The molecule has 0 heterocycles. The van der Waals surface area contributed by atoms with Gasteiger partial charge in [0.15, 0.2) is 0 Å². The molecule has 0 rings (SSSR count). The third-order valence-electron chi connectivity index (χ3n) is 7.88. The molecule has 0 aliphatic carbocycles. The summed E-state index contributed by atoms with van der Waals surface area (Å²) in [6.07, 6.45) is 62.1. The minimum Gasteiger partial charge on any atom is -0.467 e. The molecule has 6 nitrogen and oxygen atoms in total. The van der Waals surface area contributed by atoms with E-state index in [1.165, 1.54) is 7.11 Å². The van der Waals surface area contributed by atoms with Gasteiger partial charge >= 0.3 is 5.97 Å². The van der Waals surface area contributed by atoms with E-state index in [4.69, 9.17) is 4.74 Å². The van der Waals surface area contributed by atoms with Crippen molar-refractivity contribution in [3.05, 3.63) is 134 Å². The van der Waals surface area contributed by atoms with Crippen LogP contribution in [0, 0.1) is 0 Å². The molecule has 2 N–H and O–H groups in total. The Labute approximate surface area is 329 Å². The van der Waals surface area contributed by atoms with Gasteiger partial charge in [-0.05, 0) is 103 Å². The number of esters is 1. The smallest absolute Gasteiger partial charge is 0.328 e. The Balaban J connectivity index is 4.00. The van der Waals surface area contributed by atoms with Crippen LogP contribution in [0.15, 0.2) is 134 Å². The first-order valence-corrected chi connectivity index (χ1v) is 20.3. The van der Waals surface area contributed by atoms with Gasteiger partial charge in [-0.25, -0.2) is 4.79 Å². The normalized spacial score (nSPS) is 13.5. The molecule has 6 heteroatoms. The lowest BCUT2D eigenvalue weighted by molar-refractivity contribution is -0.145. The highest BCUT2D eigenvalue weighted by Crippen LogP contribution is 2.04. The third kappa shape index (κ3) is 37.3. The summed E-state index contributed by atoms with van der Waals surface area (Å²) in [5.74, 6) is -0.661. The molecule has 0 radical (unpaired) electrons. The van der Waals surface area contributed by atoms with Gasteiger partial charge in [0, 0.05) is 19.4 Å². The van der Waals surface area contributed by atoms with E-state index in [0.717, 1.165) is 77.0 Å². The van der Waals surface area contributed by atoms with Crippen molar-refractivity contribution in [2.75, 3.05) is 13.7 Å². The molecule has 0 saturated heterocycles. The monoisotopic (exact) mass is 741 g/mol. The first kappa shape index (κ1) is 49.6. The molecule has 2 amide bonds. The van der Waals surface area contributed by atoms with Crippen molar-refractivity contribution in [1.29, 1.82) is 0 Å². The summed E-state index contributed by atoms with van der Waals surface area (Å²) in [7, 11) is 1.32. The molecule has 1 atom stereocenters. The minimum atomic E-state index is -0.716. The maximum atomic E-state index is 12.5. The number of allylic oxidation sites excluding steroid dienone is 22. The first-order valence-electron chi connectivity index (χ1n) is 20.3. The molecule has 0 bridgehead atoms. The van der Waals surface area contributed by atoms with Crippen LogP contribution in [0.25, 0.3) is 0 Å². The topological polar surface area (TPSA) is 84.5 Å². The van der Waals surface area contributed by atoms with E-state index in [1.807, 2.05) is 6.08 Å². The quantitative estimate of drug-likeness (QED) is 0.0399. The number of ether oxygens (including phenoxy) is 1. The van der Waals surface area contributed by atoms with Gasteiger partial charge in [-0.2, -0.15) is 0 Å². The molecular formula is C48H72N2O4. The van der Waals surface area contributed by atoms with Crippen LogP contribution in [0.3, 0.4) is 0 Å². The fourth-order valence-electron chi connectivity index (χ4n) is 4.88. The average molecular weight is 741 g/mol. The maximum absolute atomic E-state index is 12.5. The highest BCUT2D eigenvalue weighted by atomic mass is 16.5. The van der Waals surface area contributed by atoms with Crippen molar-refractivity contribution in [2.24, 2.45) is 0 Å². The second-order valence-electron chi connectivity index (χ2n) is 12.7. The van der Waals surface area contributed by atoms with Crippen molar-refractivity contribution in [2.45, 2.75) is 135 Å². The van der Waals surface area contributed by atoms with Gasteiger partial charge < -0.3 is 15.4 Å². The number of nitrogens with one attached hydrogen (secondary N) is 2. The van der Waals surface area contributed by atoms with Gasteiger partial charge in [-0.3, -0.25) is 9.59 Å². The van der Waals surface area contributed by atoms with Gasteiger partial charge in [0.05, 0.1) is 7.11 Å². The Morgan fingerprint density at radius 1 is 0.463 bits per heavy atom. The number of carbonyl (C=O) groups is 3. The van der Waals surface area contributed by atoms with Gasteiger partial charge in [-0.1, -0.05) is 148 Å². The summed E-state index contributed by atoms with van der Waals surface area (Å²) >= 11 is 0. The van der Waals surface area contributed by atoms with E-state index in [-0.39, 0.29) is 11.8 Å². The Morgan fingerprint density at radius 2 is 0.833 bits per heavy atom. The van der Waals surface area contributed by atoms with Crippen LogP contribution >= 0.6 is 0 Å². The molecule has 0 spiro atoms. The SMILES string of the molecule is CCC=CCC=CCC=CCC=CCC=CCC=CCCC(=O)NCCCC(NC(=O)CCCC=CCC=CCC=CCC=CCC=CCC)C(=O)OC. The maximum Gasteiger partial charge on any atom is 0.328 e. The van der Waals surface area contributed by atoms with Gasteiger partial charge in [0.1, 0.15) is 6.04 Å². The van der Waals surface area contributed by atoms with E-state index in [2.05, 4.69) is 152 Å². The summed E-state index contributed by atoms with van der Waals surface area (Å²) < 4.78 is 4.89. The van der Waals surface area contributed by atoms with Crippen LogP contribution < -0.4 is 10.6 Å². The molecule has 0 saturated carbocycles. The van der Waals surface area contributed by atoms with Gasteiger partial charge in [-0.15, -0.1) is 0 Å². The average Bonchev–Trinajstić information content (AvgIpc) is 3.17. The molecule has 54 heavy (non-hydrogen) atoms. The standard InChI is InChI=1S/C48H72N2O4/c1-4-6-8-10-12-14-16-18-20-22-23-25-26-28-30-32-34-36-38-42-46(51)49-44-40-41-45(48(53)54-3)50-47(52)43-39-37-35-33-31-29-27-24-21-19-17-15-13-11-9-7-5-2/h6-9,12-15,18-21,23,25,27-30,33-36,45H,4-5,10-11,16-17,22,24,26,31-32,37-44H2,1-3H3,(H,49,51)(H,50,52). The summed E-state index contributed by atoms with van der Waals surface area (Å²) in [5, 5.41) is 5.70. The van der Waals surface area contributed by atoms with Crippen LogP contribution in [0.1, 0.15) is 129 Å². The Kier molecular flexibility index (Phi) is 37.9. The van der Waals surface area contributed by atoms with Crippen molar-refractivity contribution >= 4 is 17.8 Å². The molecule has 0 aromatic carbocycles. The zero-order valence-electron chi connectivity index (χ0n) is 33.8. The van der Waals surface area contributed by atoms with Crippen LogP contribution in [0.2, 0.25) is 0 Å². The molecule has 298 valence electrons. The van der Waals surface area contributed by atoms with Crippen LogP contribution in [-0.2, 0) is 19.1 Å². The highest BCUT2D eigenvalue weighted by Gasteiger charge is 2.20. The fourth-order valence-corrected chi connectivity index (χ4v) is 4.88. The summed E-state index contributed by atoms with van der Waals surface area (Å²) in [6.45, 7) is 4.73. The second-order valence-corrected chi connectivity index (χ2v) is 12.7. The summed E-state index contributed by atoms with van der Waals surface area (Å²) in [6, 6.07) is -0.716. The van der Waals surface area contributed by atoms with Crippen LogP contribution in [-0.4, -0.2) is 37.5 Å². The number of amides is 2. The van der Waals surface area contributed by atoms with E-state index in [0.29, 0.717) is 45.1 Å². The number of carbonyl (C=O) groups excluding carboxylic acids is 3. The molecule has 0 aromatic heterocycles. The lowest BCUT2D eigenvalue weighted by atomic mass is 10.1. The zero-order valence-corrected chi connectivity index (χ0v) is 33.8. The predicted molar refractivity (Wildman–Crippen MR) is 232 cm³/mol. The van der Waals surface area contributed by atoms with E-state index in [1.54, 1.807) is 0 Å². The minimum absolute atomic E-state index is 0.0248. The van der Waals surface area contributed by atoms with Crippen molar-refractivity contribution in [3.8, 4) is 0 Å². The lowest BCUT2D eigenvalue weighted by Gasteiger charge is -2.16. The van der Waals surface area contributed by atoms with Gasteiger partial charge in [0.2, 0.25) is 11.8 Å². The van der Waals surface area contributed by atoms with Crippen LogP contribution in [0.5, 0.6) is 0 Å². The fraction of sp³-hybridized carbons (Fsp3) is 0.479. The second kappa shape index (κ2) is 41.3. The molecule has 0 aliphatic heterocycles. The first-order chi connectivity index (χ1) is 26.5. The van der Waals surface area contributed by atoms with E-state index >= 15 is 0 Å². The molecule has 0 fully saturated rings. The van der Waals surface area contributed by atoms with Crippen LogP contribution in [0.4, 0.5) is 0 Å². The molecular weight excluding hydrogens is 669 g/mol. The largest absolute Gasteiger partial charge is 0.467 e. The molecule has 1 unspecified atom stereocenters. The third-order valence-corrected chi connectivity index (χ3v) is 7.88. The number of hydrogen-bond donors (Lipinski definition) is 2. The van der Waals surface area contributed by atoms with Crippen molar-refractivity contribution in [1.82, 2.24) is 10.6 Å². The number of rotatable bonds is 33. The Morgan fingerprint density at radius 3 is 1.22 bits per heavy atom. The number of unbranched alkanes of at least 4 members (excludes halogenated alkanes) is 1. The summed E-state index contributed by atoms with van der Waals surface area (Å²) in [5.41, 5.74) is 0. The highest BCUT2D eigenvalue weighted by molar-refractivity contribution is 5.84. The zero-order chi connectivity index (χ0) is 39.4. The van der Waals surface area contributed by atoms with E-state index in [9.17, 15) is 14.4 Å². The van der Waals surface area contributed by atoms with E-state index < -0.39 is 12.0 Å².